The number of anilines is 1. The van der Waals surface area contributed by atoms with E-state index in [0.29, 0.717) is 18.4 Å². The molecular weight excluding hydrogens is 312 g/mol. The molecule has 0 saturated heterocycles. The predicted molar refractivity (Wildman–Crippen MR) is 83.4 cm³/mol. The minimum absolute atomic E-state index is 0.0509. The molecule has 0 amide bonds. The average Bonchev–Trinajstić information content (AvgIpc) is 2.46. The Kier molecular flexibility index (Phi) is 5.43. The first-order valence-electron chi connectivity index (χ1n) is 7.06. The van der Waals surface area contributed by atoms with Gasteiger partial charge < -0.3 is 5.43 Å². The number of aromatic nitrogens is 1. The highest BCUT2D eigenvalue weighted by Crippen LogP contribution is 2.29. The quantitative estimate of drug-likeness (QED) is 0.567. The lowest BCUT2D eigenvalue weighted by Gasteiger charge is -2.28. The summed E-state index contributed by atoms with van der Waals surface area (Å²) >= 11 is 5.91. The lowest BCUT2D eigenvalue weighted by Crippen LogP contribution is -2.33. The summed E-state index contributed by atoms with van der Waals surface area (Å²) in [4.78, 5) is 3.94. The number of nitrogens with one attached hydrogen (secondary N) is 2. The van der Waals surface area contributed by atoms with Crippen LogP contribution >= 0.6 is 11.6 Å². The highest BCUT2D eigenvalue weighted by molar-refractivity contribution is 7.89. The van der Waals surface area contributed by atoms with Crippen LogP contribution in [0, 0.1) is 11.8 Å². The predicted octanol–water partition coefficient (Wildman–Crippen LogP) is 2.13. The zero-order valence-corrected chi connectivity index (χ0v) is 13.5. The molecule has 2 unspecified atom stereocenters. The van der Waals surface area contributed by atoms with Crippen LogP contribution in [0.25, 0.3) is 0 Å². The highest BCUT2D eigenvalue weighted by Gasteiger charge is 2.24. The molecule has 1 aliphatic rings. The monoisotopic (exact) mass is 332 g/mol. The van der Waals surface area contributed by atoms with Crippen LogP contribution in [0.1, 0.15) is 32.6 Å². The second kappa shape index (κ2) is 6.91. The van der Waals surface area contributed by atoms with Crippen LogP contribution in [0.5, 0.6) is 0 Å². The molecule has 4 N–H and O–H groups in total. The molecule has 1 heterocycles. The minimum Gasteiger partial charge on any atom is -0.307 e. The Bertz CT molecular complexity index is 594. The number of nitrogen functional groups attached to an aromatic ring is 1. The Labute approximate surface area is 130 Å². The zero-order valence-electron chi connectivity index (χ0n) is 12.0. The van der Waals surface area contributed by atoms with E-state index in [1.807, 2.05) is 0 Å². The molecule has 0 radical (unpaired) electrons. The van der Waals surface area contributed by atoms with Crippen LogP contribution in [-0.4, -0.2) is 19.9 Å². The third kappa shape index (κ3) is 4.06. The Morgan fingerprint density at radius 3 is 2.76 bits per heavy atom. The summed E-state index contributed by atoms with van der Waals surface area (Å²) in [6.45, 7) is 2.64. The molecule has 0 bridgehead atoms. The lowest BCUT2D eigenvalue weighted by molar-refractivity contribution is 0.257. The average molecular weight is 333 g/mol. The van der Waals surface area contributed by atoms with E-state index < -0.39 is 10.0 Å². The molecule has 1 saturated carbocycles. The van der Waals surface area contributed by atoms with E-state index in [0.717, 1.165) is 12.8 Å². The second-order valence-corrected chi connectivity index (χ2v) is 7.69. The van der Waals surface area contributed by atoms with Crippen LogP contribution in [0.15, 0.2) is 17.2 Å². The number of hydrogen-bond acceptors (Lipinski definition) is 5. The van der Waals surface area contributed by atoms with E-state index in [9.17, 15) is 8.42 Å². The van der Waals surface area contributed by atoms with Crippen LogP contribution < -0.4 is 16.0 Å². The van der Waals surface area contributed by atoms with Crippen molar-refractivity contribution in [1.29, 1.82) is 0 Å². The molecule has 1 aliphatic carbocycles. The zero-order chi connectivity index (χ0) is 15.5. The number of nitrogens with two attached hydrogens (primary N) is 1. The number of rotatable bonds is 5. The van der Waals surface area contributed by atoms with Crippen LogP contribution in [0.4, 0.5) is 5.82 Å². The van der Waals surface area contributed by atoms with Crippen molar-refractivity contribution in [3.63, 3.8) is 0 Å². The van der Waals surface area contributed by atoms with Crippen molar-refractivity contribution < 1.29 is 8.42 Å². The number of hydrazine groups is 1. The van der Waals surface area contributed by atoms with Crippen molar-refractivity contribution in [2.75, 3.05) is 12.0 Å². The molecule has 6 nitrogen and oxygen atoms in total. The summed E-state index contributed by atoms with van der Waals surface area (Å²) < 4.78 is 27.2. The first-order valence-corrected chi connectivity index (χ1v) is 8.92. The van der Waals surface area contributed by atoms with Gasteiger partial charge in [0.15, 0.2) is 5.82 Å². The van der Waals surface area contributed by atoms with Crippen molar-refractivity contribution in [1.82, 2.24) is 9.71 Å². The van der Waals surface area contributed by atoms with Gasteiger partial charge in [-0.3, -0.25) is 0 Å². The number of hydrogen-bond donors (Lipinski definition) is 3. The van der Waals surface area contributed by atoms with E-state index in [1.54, 1.807) is 0 Å². The van der Waals surface area contributed by atoms with Crippen molar-refractivity contribution >= 4 is 27.4 Å². The topological polar surface area (TPSA) is 97.1 Å². The van der Waals surface area contributed by atoms with Gasteiger partial charge in [0.05, 0.1) is 5.02 Å². The van der Waals surface area contributed by atoms with Gasteiger partial charge >= 0.3 is 0 Å². The van der Waals surface area contributed by atoms with Gasteiger partial charge in [-0.1, -0.05) is 37.8 Å². The van der Waals surface area contributed by atoms with E-state index >= 15 is 0 Å². The summed E-state index contributed by atoms with van der Waals surface area (Å²) in [5.41, 5.74) is 2.31. The molecule has 118 valence electrons. The normalized spacial score (nSPS) is 23.0. The molecule has 0 aliphatic heterocycles. The maximum atomic E-state index is 12.3. The summed E-state index contributed by atoms with van der Waals surface area (Å²) in [7, 11) is -3.60. The standard InChI is InChI=1S/C13H21ClN4O2S/c1-9-4-2-3-5-10(9)7-17-21(19,20)11-6-12(14)13(18-15)16-8-11/h6,8-10,17H,2-5,7,15H2,1H3,(H,16,18). The Hall–Kier alpha value is -0.890. The maximum Gasteiger partial charge on any atom is 0.242 e. The van der Waals surface area contributed by atoms with Crippen molar-refractivity contribution in [2.45, 2.75) is 37.5 Å². The Balaban J connectivity index is 2.06. The molecule has 1 aromatic rings. The van der Waals surface area contributed by atoms with Gasteiger partial charge in [-0.15, -0.1) is 0 Å². The highest BCUT2D eigenvalue weighted by atomic mass is 35.5. The minimum atomic E-state index is -3.60. The van der Waals surface area contributed by atoms with Crippen molar-refractivity contribution in [3.05, 3.63) is 17.3 Å². The van der Waals surface area contributed by atoms with Gasteiger partial charge in [0.1, 0.15) is 4.90 Å². The number of nitrogens with zero attached hydrogens (tertiary/aromatic N) is 1. The van der Waals surface area contributed by atoms with E-state index in [4.69, 9.17) is 17.4 Å². The van der Waals surface area contributed by atoms with Gasteiger partial charge in [0.2, 0.25) is 10.0 Å². The molecular formula is C13H21ClN4O2S. The fraction of sp³-hybridized carbons (Fsp3) is 0.615. The molecule has 2 atom stereocenters. The molecule has 21 heavy (non-hydrogen) atoms. The second-order valence-electron chi connectivity index (χ2n) is 5.52. The smallest absolute Gasteiger partial charge is 0.242 e. The van der Waals surface area contributed by atoms with Crippen LogP contribution in [-0.2, 0) is 10.0 Å². The first kappa shape index (κ1) is 16.5. The molecule has 8 heteroatoms. The maximum absolute atomic E-state index is 12.3. The van der Waals surface area contributed by atoms with Crippen LogP contribution in [0.2, 0.25) is 5.02 Å². The Morgan fingerprint density at radius 2 is 2.14 bits per heavy atom. The third-order valence-electron chi connectivity index (χ3n) is 4.09. The largest absolute Gasteiger partial charge is 0.307 e. The van der Waals surface area contributed by atoms with Gasteiger partial charge in [-0.25, -0.2) is 24.0 Å². The summed E-state index contributed by atoms with van der Waals surface area (Å²) in [6.07, 6.45) is 5.88. The third-order valence-corrected chi connectivity index (χ3v) is 5.77. The van der Waals surface area contributed by atoms with Gasteiger partial charge in [0.25, 0.3) is 0 Å². The van der Waals surface area contributed by atoms with Crippen molar-refractivity contribution in [2.24, 2.45) is 17.7 Å². The summed E-state index contributed by atoms with van der Waals surface area (Å²) in [5, 5.41) is 0.173. The molecule has 0 spiro atoms. The number of halogens is 1. The first-order chi connectivity index (χ1) is 9.94. The van der Waals surface area contributed by atoms with Gasteiger partial charge in [-0.05, 0) is 24.3 Å². The number of pyridine rings is 1. The fourth-order valence-electron chi connectivity index (χ4n) is 2.67. The number of sulfonamides is 1. The van der Waals surface area contributed by atoms with E-state index in [1.165, 1.54) is 25.1 Å². The van der Waals surface area contributed by atoms with Crippen LogP contribution in [0.3, 0.4) is 0 Å². The lowest BCUT2D eigenvalue weighted by atomic mass is 9.81. The summed E-state index contributed by atoms with van der Waals surface area (Å²) in [5.74, 6) is 6.40. The fourth-order valence-corrected chi connectivity index (χ4v) is 4.02. The van der Waals surface area contributed by atoms with E-state index in [-0.39, 0.29) is 15.7 Å². The SMILES string of the molecule is CC1CCCCC1CNS(=O)(=O)c1cnc(NN)c(Cl)c1. The summed E-state index contributed by atoms with van der Waals surface area (Å²) in [6, 6.07) is 1.34. The molecule has 1 aromatic heterocycles. The van der Waals surface area contributed by atoms with Gasteiger partial charge in [0, 0.05) is 12.7 Å². The molecule has 2 rings (SSSR count). The van der Waals surface area contributed by atoms with Gasteiger partial charge in [-0.2, -0.15) is 0 Å². The van der Waals surface area contributed by atoms with Crippen molar-refractivity contribution in [3.8, 4) is 0 Å². The van der Waals surface area contributed by atoms with E-state index in [2.05, 4.69) is 22.1 Å². The molecule has 0 aromatic carbocycles. The molecule has 1 fully saturated rings. The Morgan fingerprint density at radius 1 is 1.43 bits per heavy atom.